The van der Waals surface area contributed by atoms with E-state index in [0.717, 1.165) is 57.3 Å². The van der Waals surface area contributed by atoms with Gasteiger partial charge < -0.3 is 14.2 Å². The van der Waals surface area contributed by atoms with Gasteiger partial charge in [-0.3, -0.25) is 14.5 Å². The minimum atomic E-state index is -4.24. The molecule has 1 aliphatic heterocycles. The Morgan fingerprint density at radius 1 is 1.08 bits per heavy atom. The highest BCUT2D eigenvalue weighted by Crippen LogP contribution is 2.49. The Bertz CT molecular complexity index is 1650. The fraction of sp³-hybridized carbons (Fsp3) is 0.543. The second-order valence-electron chi connectivity index (χ2n) is 13.1. The molecule has 0 amide bonds. The lowest BCUT2D eigenvalue weighted by Gasteiger charge is -2.45. The molecule has 2 heterocycles. The second kappa shape index (κ2) is 17.3. The van der Waals surface area contributed by atoms with E-state index in [-0.39, 0.29) is 46.9 Å². The first-order chi connectivity index (χ1) is 23.4. The number of carbonyl (C=O) groups is 2. The summed E-state index contributed by atoms with van der Waals surface area (Å²) in [6.07, 6.45) is 6.67. The summed E-state index contributed by atoms with van der Waals surface area (Å²) < 4.78 is 45.8. The van der Waals surface area contributed by atoms with Gasteiger partial charge in [0, 0.05) is 12.4 Å². The Morgan fingerprint density at radius 3 is 2.41 bits per heavy atom. The first kappa shape index (κ1) is 38.1. The number of carbonyl (C=O) groups excluding carboxylic acids is 2. The van der Waals surface area contributed by atoms with Crippen LogP contribution in [-0.2, 0) is 28.9 Å². The number of sulfone groups is 1. The molecule has 12 nitrogen and oxygen atoms in total. The molecule has 2 aliphatic rings. The van der Waals surface area contributed by atoms with Gasteiger partial charge in [0.15, 0.2) is 0 Å². The zero-order valence-electron chi connectivity index (χ0n) is 28.1. The van der Waals surface area contributed by atoms with E-state index in [9.17, 15) is 22.9 Å². The highest BCUT2D eigenvalue weighted by Gasteiger charge is 2.40. The molecule has 1 aromatic heterocycles. The predicted molar refractivity (Wildman–Crippen MR) is 182 cm³/mol. The summed E-state index contributed by atoms with van der Waals surface area (Å²) in [7, 11) is -4.24. The molecule has 1 N–H and O–H groups in total. The second-order valence-corrected chi connectivity index (χ2v) is 15.2. The van der Waals surface area contributed by atoms with Gasteiger partial charge >= 0.3 is 22.8 Å². The van der Waals surface area contributed by atoms with Gasteiger partial charge in [-0.15, -0.1) is 18.2 Å². The molecule has 4 rings (SSSR count). The number of H-pyrrole nitrogens is 1. The monoisotopic (exact) mass is 720 g/mol. The van der Waals surface area contributed by atoms with Crippen LogP contribution in [0.15, 0.2) is 81.8 Å². The maximum absolute atomic E-state index is 12.8. The van der Waals surface area contributed by atoms with Crippen LogP contribution in [0.1, 0.15) is 51.9 Å². The normalized spacial score (nSPS) is 21.8. The zero-order chi connectivity index (χ0) is 35.6. The van der Waals surface area contributed by atoms with Gasteiger partial charge in [-0.05, 0) is 90.6 Å². The summed E-state index contributed by atoms with van der Waals surface area (Å²) >= 11 is 6.17. The molecule has 1 aliphatic carbocycles. The molecule has 3 atom stereocenters. The molecule has 49 heavy (non-hydrogen) atoms. The Balaban J connectivity index is 1.10. The van der Waals surface area contributed by atoms with E-state index in [1.807, 2.05) is 0 Å². The Kier molecular flexibility index (Phi) is 13.5. The van der Waals surface area contributed by atoms with Crippen LogP contribution >= 0.6 is 11.6 Å². The molecular weight excluding hydrogens is 674 g/mol. The number of alkyl halides is 1. The molecule has 0 radical (unpaired) electrons. The van der Waals surface area contributed by atoms with E-state index < -0.39 is 32.7 Å². The van der Waals surface area contributed by atoms with Crippen molar-refractivity contribution in [1.29, 1.82) is 0 Å². The Hall–Kier alpha value is -3.68. The van der Waals surface area contributed by atoms with E-state index >= 15 is 0 Å². The quantitative estimate of drug-likeness (QED) is 0.0991. The van der Waals surface area contributed by atoms with Crippen molar-refractivity contribution in [2.45, 2.75) is 61.8 Å². The van der Waals surface area contributed by atoms with Crippen molar-refractivity contribution in [3.05, 3.63) is 72.2 Å². The molecule has 1 saturated carbocycles. The third-order valence-electron chi connectivity index (χ3n) is 9.69. The molecule has 14 heteroatoms. The third kappa shape index (κ3) is 9.95. The zero-order valence-corrected chi connectivity index (χ0v) is 29.6. The van der Waals surface area contributed by atoms with E-state index in [4.69, 9.17) is 25.8 Å². The lowest BCUT2D eigenvalue weighted by atomic mass is 9.61. The number of aromatic amines is 1. The summed E-state index contributed by atoms with van der Waals surface area (Å²) in [5.41, 5.74) is 2.33. The first-order valence-corrected chi connectivity index (χ1v) is 18.6. The molecular formula is C35H47ClN3O9S+. The summed E-state index contributed by atoms with van der Waals surface area (Å²) in [6.45, 7) is 17.5. The van der Waals surface area contributed by atoms with Crippen LogP contribution < -0.4 is 9.34 Å². The summed E-state index contributed by atoms with van der Waals surface area (Å²) in [5, 5.41) is 1.35. The lowest BCUT2D eigenvalue weighted by Crippen LogP contribution is -2.39. The number of ether oxygens (including phenoxy) is 3. The highest BCUT2D eigenvalue weighted by atomic mass is 35.5. The van der Waals surface area contributed by atoms with Crippen molar-refractivity contribution >= 4 is 33.4 Å². The van der Waals surface area contributed by atoms with Crippen LogP contribution in [0, 0.1) is 28.1 Å². The van der Waals surface area contributed by atoms with Gasteiger partial charge in [0.2, 0.25) is 4.60 Å². The maximum atomic E-state index is 12.8. The van der Waals surface area contributed by atoms with Crippen molar-refractivity contribution in [2.75, 3.05) is 45.3 Å². The highest BCUT2D eigenvalue weighted by molar-refractivity contribution is 7.91. The van der Waals surface area contributed by atoms with Gasteiger partial charge in [0.1, 0.15) is 13.2 Å². The van der Waals surface area contributed by atoms with Gasteiger partial charge in [-0.2, -0.15) is 0 Å². The number of likely N-dealkylation sites (tertiary alicyclic amines) is 1. The first-order valence-electron chi connectivity index (χ1n) is 16.5. The minimum absolute atomic E-state index is 0.0143. The number of nitrogens with one attached hydrogen (secondary N) is 1. The average molecular weight is 721 g/mol. The van der Waals surface area contributed by atoms with E-state index in [0.29, 0.717) is 24.3 Å². The number of piperidine rings is 1. The molecule has 2 aromatic rings. The summed E-state index contributed by atoms with van der Waals surface area (Å²) in [6, 6.07) is 7.31. The standard InChI is InChI=1S/C35H47ClN3O9S/c1-5-35(4)16-13-28(21-30(35)25(2)22-36)26(3)23-38-17-14-27(15-18-38)24-47-32(41)12-11-31(40)45-19-20-46-33-34(39(42)48-37-33)49(43,44)29-9-7-6-8-10-29/h5-10,27-28,30,37H,1-3,11-24H2,4H3/q+1/t28-,30+,35-/m1/s1. The molecule has 1 aromatic carbocycles. The van der Waals surface area contributed by atoms with Crippen molar-refractivity contribution in [3.8, 4) is 5.88 Å². The van der Waals surface area contributed by atoms with Crippen LogP contribution in [0.5, 0.6) is 5.88 Å². The van der Waals surface area contributed by atoms with Crippen LogP contribution in [-0.4, -0.2) is 75.7 Å². The number of halogens is 1. The van der Waals surface area contributed by atoms with Crippen LogP contribution in [0.4, 0.5) is 0 Å². The maximum Gasteiger partial charge on any atom is 0.404 e. The Morgan fingerprint density at radius 2 is 1.76 bits per heavy atom. The third-order valence-corrected chi connectivity index (χ3v) is 11.8. The topological polar surface area (TPSA) is 151 Å². The van der Waals surface area contributed by atoms with Gasteiger partial charge in [0.25, 0.3) is 9.84 Å². The predicted octanol–water partition coefficient (Wildman–Crippen LogP) is 5.27. The number of rotatable bonds is 17. The molecule has 0 unspecified atom stereocenters. The number of aromatic nitrogens is 2. The molecule has 2 fully saturated rings. The van der Waals surface area contributed by atoms with Gasteiger partial charge in [-0.25, -0.2) is 8.42 Å². The average Bonchev–Trinajstić information content (AvgIpc) is 3.49. The van der Waals surface area contributed by atoms with Gasteiger partial charge in [0.05, 0.1) is 24.3 Å². The van der Waals surface area contributed by atoms with Crippen LogP contribution in [0.2, 0.25) is 0 Å². The molecule has 0 spiro atoms. The minimum Gasteiger partial charge on any atom is -0.465 e. The number of benzene rings is 1. The number of hydrogen-bond donors (Lipinski definition) is 1. The smallest absolute Gasteiger partial charge is 0.404 e. The number of esters is 2. The molecule has 268 valence electrons. The fourth-order valence-electron chi connectivity index (χ4n) is 6.53. The number of nitrogens with zero attached hydrogens (tertiary/aromatic N) is 2. The molecule has 0 bridgehead atoms. The van der Waals surface area contributed by atoms with Crippen molar-refractivity contribution in [1.82, 2.24) is 10.1 Å². The van der Waals surface area contributed by atoms with Crippen LogP contribution in [0.3, 0.4) is 0 Å². The number of allylic oxidation sites excluding steroid dienone is 2. The fourth-order valence-corrected chi connectivity index (χ4v) is 8.04. The summed E-state index contributed by atoms with van der Waals surface area (Å²) in [4.78, 5) is 38.7. The Labute approximate surface area is 292 Å². The largest absolute Gasteiger partial charge is 0.465 e. The summed E-state index contributed by atoms with van der Waals surface area (Å²) in [5.74, 6) is -0.129. The van der Waals surface area contributed by atoms with Crippen LogP contribution in [0.25, 0.3) is 0 Å². The number of hydrogen-bond acceptors (Lipinski definition) is 10. The van der Waals surface area contributed by atoms with Crippen molar-refractivity contribution in [3.63, 3.8) is 0 Å². The van der Waals surface area contributed by atoms with Crippen molar-refractivity contribution in [2.24, 2.45) is 23.2 Å². The lowest BCUT2D eigenvalue weighted by molar-refractivity contribution is -0.744. The van der Waals surface area contributed by atoms with E-state index in [2.05, 4.69) is 47.4 Å². The SMILES string of the molecule is C=C[C@]1(C)CC[C@@H](C(=C)CN2CCC(COC(=O)CCC(=O)OCCOc3[nH]o[n+](=O)c3S(=O)(=O)c3ccccc3)CC2)C[C@H]1C(=C)CCl. The van der Waals surface area contributed by atoms with Gasteiger partial charge in [-0.1, -0.05) is 60.1 Å². The van der Waals surface area contributed by atoms with E-state index in [1.165, 1.54) is 29.8 Å². The molecule has 1 saturated heterocycles. The van der Waals surface area contributed by atoms with Crippen molar-refractivity contribution < 1.29 is 41.4 Å². The van der Waals surface area contributed by atoms with E-state index in [1.54, 1.807) is 6.07 Å².